The minimum absolute atomic E-state index is 0.990. The highest BCUT2D eigenvalue weighted by Crippen LogP contribution is 2.20. The third kappa shape index (κ3) is 2.46. The van der Waals surface area contributed by atoms with Crippen molar-refractivity contribution in [1.82, 2.24) is 9.55 Å². The fraction of sp³-hybridized carbons (Fsp3) is 0.462. The number of alkyl halides is 1. The van der Waals surface area contributed by atoms with E-state index >= 15 is 0 Å². The van der Waals surface area contributed by atoms with E-state index in [1.807, 2.05) is 6.07 Å². The maximum atomic E-state index is 4.71. The van der Waals surface area contributed by atoms with E-state index in [2.05, 4.69) is 57.6 Å². The second-order valence-corrected chi connectivity index (χ2v) is 4.87. The van der Waals surface area contributed by atoms with Gasteiger partial charge in [0.1, 0.15) is 0 Å². The molecular formula is C13H18BrN3. The molecule has 0 fully saturated rings. The summed E-state index contributed by atoms with van der Waals surface area (Å²) >= 11 is 3.48. The summed E-state index contributed by atoms with van der Waals surface area (Å²) in [5.41, 5.74) is 2.27. The van der Waals surface area contributed by atoms with Gasteiger partial charge in [-0.25, -0.2) is 4.98 Å². The van der Waals surface area contributed by atoms with E-state index in [0.717, 1.165) is 36.3 Å². The average Bonchev–Trinajstić information content (AvgIpc) is 2.69. The highest BCUT2D eigenvalue weighted by Gasteiger charge is 2.12. The Kier molecular flexibility index (Phi) is 4.05. The first-order valence-corrected chi connectivity index (χ1v) is 7.12. The quantitative estimate of drug-likeness (QED) is 0.790. The molecule has 3 nitrogen and oxygen atoms in total. The van der Waals surface area contributed by atoms with Crippen molar-refractivity contribution in [3.8, 4) is 0 Å². The topological polar surface area (TPSA) is 21.1 Å². The molecule has 1 aromatic carbocycles. The van der Waals surface area contributed by atoms with Gasteiger partial charge in [-0.1, -0.05) is 28.1 Å². The zero-order chi connectivity index (χ0) is 12.3. The van der Waals surface area contributed by atoms with E-state index in [-0.39, 0.29) is 0 Å². The van der Waals surface area contributed by atoms with Gasteiger partial charge in [-0.15, -0.1) is 0 Å². The number of nitrogens with zero attached hydrogens (tertiary/aromatic N) is 3. The number of aryl methyl sites for hydroxylation is 1. The van der Waals surface area contributed by atoms with E-state index in [1.54, 1.807) is 0 Å². The standard InChI is InChI=1S/C13H18BrN3/c1-3-17(10-6-9-14)13-15-11-7-4-5-8-12(11)16(13)2/h4-5,7-8H,3,6,9-10H2,1-2H3. The second-order valence-electron chi connectivity index (χ2n) is 4.08. The minimum atomic E-state index is 0.990. The van der Waals surface area contributed by atoms with Crippen molar-refractivity contribution in [3.05, 3.63) is 24.3 Å². The van der Waals surface area contributed by atoms with Crippen molar-refractivity contribution in [2.75, 3.05) is 23.3 Å². The predicted molar refractivity (Wildman–Crippen MR) is 77.0 cm³/mol. The first-order chi connectivity index (χ1) is 8.27. The number of rotatable bonds is 5. The molecule has 0 aliphatic rings. The number of hydrogen-bond acceptors (Lipinski definition) is 2. The molecule has 4 heteroatoms. The van der Waals surface area contributed by atoms with E-state index < -0.39 is 0 Å². The third-order valence-corrected chi connectivity index (χ3v) is 3.55. The van der Waals surface area contributed by atoms with Gasteiger partial charge in [0, 0.05) is 25.5 Å². The van der Waals surface area contributed by atoms with Gasteiger partial charge < -0.3 is 9.47 Å². The van der Waals surface area contributed by atoms with Crippen LogP contribution in [-0.2, 0) is 7.05 Å². The number of benzene rings is 1. The Morgan fingerprint density at radius 3 is 2.76 bits per heavy atom. The van der Waals surface area contributed by atoms with Gasteiger partial charge in [0.15, 0.2) is 0 Å². The van der Waals surface area contributed by atoms with Crippen molar-refractivity contribution in [3.63, 3.8) is 0 Å². The molecule has 0 bridgehead atoms. The zero-order valence-electron chi connectivity index (χ0n) is 10.4. The van der Waals surface area contributed by atoms with Crippen LogP contribution >= 0.6 is 15.9 Å². The maximum Gasteiger partial charge on any atom is 0.206 e. The number of halogens is 1. The summed E-state index contributed by atoms with van der Waals surface area (Å²) in [6.45, 7) is 4.21. The number of fused-ring (bicyclic) bond motifs is 1. The molecule has 0 saturated heterocycles. The van der Waals surface area contributed by atoms with Crippen LogP contribution in [0.4, 0.5) is 5.95 Å². The van der Waals surface area contributed by atoms with E-state index in [1.165, 1.54) is 5.52 Å². The molecule has 17 heavy (non-hydrogen) atoms. The van der Waals surface area contributed by atoms with E-state index in [0.29, 0.717) is 0 Å². The van der Waals surface area contributed by atoms with Gasteiger partial charge >= 0.3 is 0 Å². The summed E-state index contributed by atoms with van der Waals surface area (Å²) in [6, 6.07) is 8.28. The maximum absolute atomic E-state index is 4.71. The molecule has 0 unspecified atom stereocenters. The van der Waals surface area contributed by atoms with Crippen LogP contribution in [0.25, 0.3) is 11.0 Å². The molecule has 0 atom stereocenters. The lowest BCUT2D eigenvalue weighted by atomic mass is 10.3. The van der Waals surface area contributed by atoms with Crippen LogP contribution in [0.1, 0.15) is 13.3 Å². The van der Waals surface area contributed by atoms with Crippen molar-refractivity contribution in [2.45, 2.75) is 13.3 Å². The van der Waals surface area contributed by atoms with Gasteiger partial charge in [-0.05, 0) is 25.5 Å². The molecular weight excluding hydrogens is 278 g/mol. The van der Waals surface area contributed by atoms with Gasteiger partial charge in [-0.2, -0.15) is 0 Å². The normalized spacial score (nSPS) is 11.0. The highest BCUT2D eigenvalue weighted by atomic mass is 79.9. The molecule has 2 aromatic rings. The van der Waals surface area contributed by atoms with Crippen LogP contribution in [0.2, 0.25) is 0 Å². The molecule has 0 radical (unpaired) electrons. The summed E-state index contributed by atoms with van der Waals surface area (Å²) in [7, 11) is 2.08. The van der Waals surface area contributed by atoms with E-state index in [4.69, 9.17) is 4.98 Å². The van der Waals surface area contributed by atoms with Gasteiger partial charge in [0.2, 0.25) is 5.95 Å². The summed E-state index contributed by atoms with van der Waals surface area (Å²) in [5.74, 6) is 1.06. The van der Waals surface area contributed by atoms with Crippen LogP contribution in [0, 0.1) is 0 Å². The van der Waals surface area contributed by atoms with Crippen molar-refractivity contribution in [1.29, 1.82) is 0 Å². The lowest BCUT2D eigenvalue weighted by Gasteiger charge is -2.21. The lowest BCUT2D eigenvalue weighted by molar-refractivity contribution is 0.745. The monoisotopic (exact) mass is 295 g/mol. The summed E-state index contributed by atoms with van der Waals surface area (Å²) in [5, 5.41) is 1.04. The van der Waals surface area contributed by atoms with Crippen molar-refractivity contribution in [2.24, 2.45) is 7.05 Å². The van der Waals surface area contributed by atoms with Crippen LogP contribution in [0.3, 0.4) is 0 Å². The van der Waals surface area contributed by atoms with Crippen molar-refractivity contribution >= 4 is 32.9 Å². The second kappa shape index (κ2) is 5.54. The molecule has 0 N–H and O–H groups in total. The Hall–Kier alpha value is -1.03. The minimum Gasteiger partial charge on any atom is -0.342 e. The van der Waals surface area contributed by atoms with Crippen LogP contribution < -0.4 is 4.90 Å². The van der Waals surface area contributed by atoms with E-state index in [9.17, 15) is 0 Å². The Morgan fingerprint density at radius 1 is 1.35 bits per heavy atom. The van der Waals surface area contributed by atoms with Gasteiger partial charge in [-0.3, -0.25) is 0 Å². The third-order valence-electron chi connectivity index (χ3n) is 2.99. The largest absolute Gasteiger partial charge is 0.342 e. The average molecular weight is 296 g/mol. The molecule has 1 heterocycles. The van der Waals surface area contributed by atoms with Crippen molar-refractivity contribution < 1.29 is 0 Å². The molecule has 0 amide bonds. The highest BCUT2D eigenvalue weighted by molar-refractivity contribution is 9.09. The first-order valence-electron chi connectivity index (χ1n) is 6.00. The van der Waals surface area contributed by atoms with Gasteiger partial charge in [0.05, 0.1) is 11.0 Å². The Balaban J connectivity index is 2.36. The summed E-state index contributed by atoms with van der Waals surface area (Å²) < 4.78 is 2.17. The smallest absolute Gasteiger partial charge is 0.206 e. The number of aromatic nitrogens is 2. The molecule has 92 valence electrons. The predicted octanol–water partition coefficient (Wildman–Crippen LogP) is 3.18. The Labute approximate surface area is 111 Å². The Bertz CT molecular complexity index is 492. The molecule has 0 aliphatic carbocycles. The lowest BCUT2D eigenvalue weighted by Crippen LogP contribution is -2.26. The summed E-state index contributed by atoms with van der Waals surface area (Å²) in [4.78, 5) is 7.03. The zero-order valence-corrected chi connectivity index (χ0v) is 11.9. The SMILES string of the molecule is CCN(CCCBr)c1nc2ccccc2n1C. The number of para-hydroxylation sites is 2. The van der Waals surface area contributed by atoms with Crippen LogP contribution in [0.5, 0.6) is 0 Å². The fourth-order valence-electron chi connectivity index (χ4n) is 2.07. The first kappa shape index (κ1) is 12.4. The summed E-state index contributed by atoms with van der Waals surface area (Å²) in [6.07, 6.45) is 1.14. The molecule has 0 saturated carbocycles. The van der Waals surface area contributed by atoms with Gasteiger partial charge in [0.25, 0.3) is 0 Å². The number of imidazole rings is 1. The van der Waals surface area contributed by atoms with Crippen LogP contribution in [-0.4, -0.2) is 28.0 Å². The molecule has 0 spiro atoms. The number of hydrogen-bond donors (Lipinski definition) is 0. The Morgan fingerprint density at radius 2 is 2.12 bits per heavy atom. The molecule has 2 rings (SSSR count). The molecule has 0 aliphatic heterocycles. The fourth-order valence-corrected chi connectivity index (χ4v) is 2.32. The molecule has 1 aromatic heterocycles. The number of anilines is 1. The van der Waals surface area contributed by atoms with Crippen LogP contribution in [0.15, 0.2) is 24.3 Å².